The van der Waals surface area contributed by atoms with E-state index in [1.165, 1.54) is 0 Å². The molecule has 1 aliphatic rings. The highest BCUT2D eigenvalue weighted by molar-refractivity contribution is 5.88. The van der Waals surface area contributed by atoms with Gasteiger partial charge in [0.05, 0.1) is 23.1 Å². The van der Waals surface area contributed by atoms with E-state index in [0.717, 1.165) is 33.6 Å². The molecule has 2 N–H and O–H groups in total. The van der Waals surface area contributed by atoms with E-state index in [-0.39, 0.29) is 6.17 Å². The van der Waals surface area contributed by atoms with Gasteiger partial charge in [-0.05, 0) is 55.0 Å². The van der Waals surface area contributed by atoms with Gasteiger partial charge in [0, 0.05) is 12.1 Å². The monoisotopic (exact) mass is 385 g/mol. The highest BCUT2D eigenvalue weighted by Gasteiger charge is 2.26. The van der Waals surface area contributed by atoms with E-state index in [4.69, 9.17) is 4.42 Å². The molecule has 0 aliphatic carbocycles. The number of rotatable bonds is 4. The molecule has 0 spiro atoms. The number of nitrogens with one attached hydrogen (secondary N) is 1. The van der Waals surface area contributed by atoms with Gasteiger partial charge in [-0.1, -0.05) is 24.3 Å². The molecule has 1 aromatic heterocycles. The molecule has 144 valence electrons. The minimum atomic E-state index is -0.914. The lowest BCUT2D eigenvalue weighted by molar-refractivity contribution is 0.0696. The standard InChI is InChI=1S/C23H19N3O3/c1-14-24-19-12-16(22-25-18-7-2-3-8-21(18)29-22)9-10-20(19)26(14)13-15-5-4-6-17(11-15)23(27)28/h2-12,14,24H,13H2,1H3,(H,27,28). The highest BCUT2D eigenvalue weighted by Crippen LogP contribution is 2.38. The second kappa shape index (κ2) is 6.67. The number of hydrogen-bond donors (Lipinski definition) is 2. The van der Waals surface area contributed by atoms with Crippen LogP contribution in [0, 0.1) is 0 Å². The van der Waals surface area contributed by atoms with Crippen molar-refractivity contribution < 1.29 is 14.3 Å². The van der Waals surface area contributed by atoms with E-state index < -0.39 is 5.97 Å². The van der Waals surface area contributed by atoms with Gasteiger partial charge < -0.3 is 19.7 Å². The van der Waals surface area contributed by atoms with Crippen LogP contribution in [0.5, 0.6) is 0 Å². The third kappa shape index (κ3) is 3.08. The quantitative estimate of drug-likeness (QED) is 0.516. The fourth-order valence-corrected chi connectivity index (χ4v) is 3.76. The first-order chi connectivity index (χ1) is 14.1. The molecule has 6 heteroatoms. The third-order valence-corrected chi connectivity index (χ3v) is 5.21. The lowest BCUT2D eigenvalue weighted by atomic mass is 10.1. The SMILES string of the molecule is CC1Nc2cc(-c3nc4ccccc4o3)ccc2N1Cc1cccc(C(=O)O)c1. The number of hydrogen-bond acceptors (Lipinski definition) is 5. The molecule has 2 heterocycles. The topological polar surface area (TPSA) is 78.6 Å². The Kier molecular flexibility index (Phi) is 3.98. The van der Waals surface area contributed by atoms with Crippen LogP contribution in [-0.4, -0.2) is 22.2 Å². The molecule has 1 aliphatic heterocycles. The molecule has 0 amide bonds. The number of aromatic nitrogens is 1. The Hall–Kier alpha value is -3.80. The molecule has 0 radical (unpaired) electrons. The molecular weight excluding hydrogens is 366 g/mol. The number of para-hydroxylation sites is 2. The van der Waals surface area contributed by atoms with Crippen LogP contribution in [0.25, 0.3) is 22.6 Å². The summed E-state index contributed by atoms with van der Waals surface area (Å²) < 4.78 is 5.89. The zero-order valence-corrected chi connectivity index (χ0v) is 15.8. The predicted molar refractivity (Wildman–Crippen MR) is 112 cm³/mol. The highest BCUT2D eigenvalue weighted by atomic mass is 16.4. The Morgan fingerprint density at radius 3 is 2.83 bits per heavy atom. The summed E-state index contributed by atoms with van der Waals surface area (Å²) in [6.07, 6.45) is 0.0809. The Balaban J connectivity index is 1.45. The summed E-state index contributed by atoms with van der Waals surface area (Å²) in [5.74, 6) is -0.320. The van der Waals surface area contributed by atoms with Crippen LogP contribution in [-0.2, 0) is 6.54 Å². The molecule has 0 fully saturated rings. The average Bonchev–Trinajstić information content (AvgIpc) is 3.29. The molecule has 1 unspecified atom stereocenters. The fourth-order valence-electron chi connectivity index (χ4n) is 3.76. The van der Waals surface area contributed by atoms with E-state index in [0.29, 0.717) is 18.0 Å². The van der Waals surface area contributed by atoms with Crippen molar-refractivity contribution in [3.8, 4) is 11.5 Å². The van der Waals surface area contributed by atoms with E-state index in [2.05, 4.69) is 28.2 Å². The van der Waals surface area contributed by atoms with Crippen molar-refractivity contribution in [2.24, 2.45) is 0 Å². The lowest BCUT2D eigenvalue weighted by Crippen LogP contribution is -2.32. The first kappa shape index (κ1) is 17.3. The van der Waals surface area contributed by atoms with Crippen LogP contribution >= 0.6 is 0 Å². The van der Waals surface area contributed by atoms with Crippen molar-refractivity contribution in [1.29, 1.82) is 0 Å². The van der Waals surface area contributed by atoms with Crippen molar-refractivity contribution in [2.75, 3.05) is 10.2 Å². The zero-order chi connectivity index (χ0) is 20.0. The van der Waals surface area contributed by atoms with Crippen LogP contribution < -0.4 is 10.2 Å². The predicted octanol–water partition coefficient (Wildman–Crippen LogP) is 4.97. The Morgan fingerprint density at radius 2 is 2.00 bits per heavy atom. The van der Waals surface area contributed by atoms with Gasteiger partial charge in [0.2, 0.25) is 5.89 Å². The molecule has 4 aromatic rings. The Labute approximate surface area is 167 Å². The Morgan fingerprint density at radius 1 is 1.14 bits per heavy atom. The maximum atomic E-state index is 11.2. The first-order valence-electron chi connectivity index (χ1n) is 9.44. The van der Waals surface area contributed by atoms with Gasteiger partial charge in [-0.25, -0.2) is 9.78 Å². The normalized spacial score (nSPS) is 15.3. The number of carboxylic acid groups (broad SMARTS) is 1. The maximum absolute atomic E-state index is 11.2. The number of oxazole rings is 1. The van der Waals surface area contributed by atoms with E-state index in [1.54, 1.807) is 18.2 Å². The number of carboxylic acids is 1. The van der Waals surface area contributed by atoms with E-state index in [9.17, 15) is 9.90 Å². The summed E-state index contributed by atoms with van der Waals surface area (Å²) in [4.78, 5) is 18.0. The smallest absolute Gasteiger partial charge is 0.335 e. The van der Waals surface area contributed by atoms with Crippen molar-refractivity contribution in [3.63, 3.8) is 0 Å². The summed E-state index contributed by atoms with van der Waals surface area (Å²) in [7, 11) is 0. The molecule has 5 rings (SSSR count). The van der Waals surface area contributed by atoms with Crippen molar-refractivity contribution >= 4 is 28.4 Å². The van der Waals surface area contributed by atoms with Crippen molar-refractivity contribution in [1.82, 2.24) is 4.98 Å². The summed E-state index contributed by atoms with van der Waals surface area (Å²) in [6, 6.07) is 20.9. The Bertz CT molecular complexity index is 1200. The van der Waals surface area contributed by atoms with E-state index in [1.807, 2.05) is 42.5 Å². The van der Waals surface area contributed by atoms with Crippen molar-refractivity contribution in [2.45, 2.75) is 19.6 Å². The molecule has 3 aromatic carbocycles. The second-order valence-corrected chi connectivity index (χ2v) is 7.17. The first-order valence-corrected chi connectivity index (χ1v) is 9.44. The van der Waals surface area contributed by atoms with Crippen LogP contribution in [0.3, 0.4) is 0 Å². The molecule has 0 saturated heterocycles. The minimum Gasteiger partial charge on any atom is -0.478 e. The van der Waals surface area contributed by atoms with Gasteiger partial charge in [0.15, 0.2) is 5.58 Å². The van der Waals surface area contributed by atoms with Gasteiger partial charge in [0.1, 0.15) is 5.52 Å². The maximum Gasteiger partial charge on any atom is 0.335 e. The van der Waals surface area contributed by atoms with E-state index >= 15 is 0 Å². The molecule has 0 saturated carbocycles. The van der Waals surface area contributed by atoms with Gasteiger partial charge in [-0.3, -0.25) is 0 Å². The number of nitrogens with zero attached hydrogens (tertiary/aromatic N) is 2. The summed E-state index contributed by atoms with van der Waals surface area (Å²) in [6.45, 7) is 2.70. The number of anilines is 2. The molecule has 29 heavy (non-hydrogen) atoms. The number of benzene rings is 3. The van der Waals surface area contributed by atoms with Gasteiger partial charge in [-0.2, -0.15) is 0 Å². The molecule has 1 atom stereocenters. The molecular formula is C23H19N3O3. The molecule has 0 bridgehead atoms. The van der Waals surface area contributed by atoms with Crippen molar-refractivity contribution in [3.05, 3.63) is 77.9 Å². The van der Waals surface area contributed by atoms with Crippen LogP contribution in [0.2, 0.25) is 0 Å². The fraction of sp³-hybridized carbons (Fsp3) is 0.130. The average molecular weight is 385 g/mol. The van der Waals surface area contributed by atoms with Crippen LogP contribution in [0.15, 0.2) is 71.1 Å². The van der Waals surface area contributed by atoms with Gasteiger partial charge in [0.25, 0.3) is 0 Å². The largest absolute Gasteiger partial charge is 0.478 e. The van der Waals surface area contributed by atoms with Gasteiger partial charge >= 0.3 is 5.97 Å². The number of aromatic carboxylic acids is 1. The summed E-state index contributed by atoms with van der Waals surface area (Å²) in [5, 5.41) is 12.7. The number of carbonyl (C=O) groups is 1. The second-order valence-electron chi connectivity index (χ2n) is 7.17. The lowest BCUT2D eigenvalue weighted by Gasteiger charge is -2.24. The van der Waals surface area contributed by atoms with Gasteiger partial charge in [-0.15, -0.1) is 0 Å². The summed E-state index contributed by atoms with van der Waals surface area (Å²) in [5.41, 5.74) is 5.84. The van der Waals surface area contributed by atoms with Crippen LogP contribution in [0.1, 0.15) is 22.8 Å². The summed E-state index contributed by atoms with van der Waals surface area (Å²) >= 11 is 0. The third-order valence-electron chi connectivity index (χ3n) is 5.21. The minimum absolute atomic E-state index is 0.0809. The van der Waals surface area contributed by atoms with Crippen LogP contribution in [0.4, 0.5) is 11.4 Å². The number of fused-ring (bicyclic) bond motifs is 2. The zero-order valence-electron chi connectivity index (χ0n) is 15.8. The molecule has 6 nitrogen and oxygen atoms in total.